The zero-order valence-electron chi connectivity index (χ0n) is 22.8. The Morgan fingerprint density at radius 1 is 0.861 bits per heavy atom. The molecule has 0 spiro atoms. The summed E-state index contributed by atoms with van der Waals surface area (Å²) < 4.78 is 2.34. The monoisotopic (exact) mass is 657 g/mol. The third kappa shape index (κ3) is 5.40. The van der Waals surface area contributed by atoms with Gasteiger partial charge in [0, 0.05) is 31.2 Å². The van der Waals surface area contributed by atoms with E-state index in [1.807, 2.05) is 6.07 Å². The average molecular weight is 657 g/mol. The van der Waals surface area contributed by atoms with Gasteiger partial charge in [0.15, 0.2) is 0 Å². The molecule has 1 heterocycles. The molecule has 191 valence electrons. The van der Waals surface area contributed by atoms with Crippen LogP contribution < -0.4 is 0 Å². The average Bonchev–Trinajstić information content (AvgIpc) is 3.29. The predicted octanol–water partition coefficient (Wildman–Crippen LogP) is 8.64. The second-order valence-electron chi connectivity index (χ2n) is 10.9. The Kier molecular flexibility index (Phi) is 8.75. The van der Waals surface area contributed by atoms with Crippen molar-refractivity contribution in [3.63, 3.8) is 0 Å². The molecule has 0 atom stereocenters. The van der Waals surface area contributed by atoms with Crippen LogP contribution >= 0.6 is 0 Å². The number of hydrogen-bond acceptors (Lipinski definition) is 2. The number of benzene rings is 3. The summed E-state index contributed by atoms with van der Waals surface area (Å²) >= 11 is 0. The maximum atomic E-state index is 4.82. The number of hydrogen-bond donors (Lipinski definition) is 0. The summed E-state index contributed by atoms with van der Waals surface area (Å²) in [5.74, 6) is 2.53. The van der Waals surface area contributed by atoms with Gasteiger partial charge in [-0.15, -0.1) is 40.5 Å². The number of aryl methyl sites for hydroxylation is 1. The van der Waals surface area contributed by atoms with Gasteiger partial charge in [0.05, 0.1) is 5.82 Å². The molecule has 1 radical (unpaired) electrons. The van der Waals surface area contributed by atoms with E-state index in [9.17, 15) is 0 Å². The van der Waals surface area contributed by atoms with Crippen LogP contribution in [-0.2, 0) is 25.5 Å². The van der Waals surface area contributed by atoms with Crippen molar-refractivity contribution in [2.24, 2.45) is 0 Å². The Labute approximate surface area is 230 Å². The van der Waals surface area contributed by atoms with Gasteiger partial charge in [-0.1, -0.05) is 85.7 Å². The molecule has 4 aromatic rings. The van der Waals surface area contributed by atoms with Crippen molar-refractivity contribution in [2.45, 2.75) is 79.1 Å². The first-order valence-corrected chi connectivity index (χ1v) is 12.8. The summed E-state index contributed by atoms with van der Waals surface area (Å²) in [7, 11) is 0. The Bertz CT molecular complexity index is 1290. The first kappa shape index (κ1) is 28.0. The molecule has 0 N–H and O–H groups in total. The molecule has 4 rings (SSSR count). The predicted molar refractivity (Wildman–Crippen MR) is 147 cm³/mol. The number of nitrogens with zero attached hydrogens (tertiary/aromatic N) is 3. The summed E-state index contributed by atoms with van der Waals surface area (Å²) in [6, 6.07) is 25.1. The molecule has 3 aromatic carbocycles. The summed E-state index contributed by atoms with van der Waals surface area (Å²) in [5.41, 5.74) is 8.40. The van der Waals surface area contributed by atoms with Crippen LogP contribution in [0.2, 0.25) is 0 Å². The van der Waals surface area contributed by atoms with E-state index in [0.29, 0.717) is 11.8 Å². The van der Waals surface area contributed by atoms with Gasteiger partial charge in [-0.3, -0.25) is 0 Å². The van der Waals surface area contributed by atoms with Crippen LogP contribution in [0.3, 0.4) is 0 Å². The second-order valence-corrected chi connectivity index (χ2v) is 10.9. The Balaban J connectivity index is 0.00000361. The molecular formula is C32H38IrN3-. The molecule has 0 saturated heterocycles. The minimum absolute atomic E-state index is 0. The third-order valence-electron chi connectivity index (χ3n) is 7.09. The maximum Gasteiger partial charge on any atom is 0.134 e. The fourth-order valence-electron chi connectivity index (χ4n) is 4.59. The normalized spacial score (nSPS) is 11.7. The molecule has 0 bridgehead atoms. The fourth-order valence-corrected chi connectivity index (χ4v) is 4.59. The van der Waals surface area contributed by atoms with E-state index < -0.39 is 0 Å². The molecule has 3 nitrogen and oxygen atoms in total. The van der Waals surface area contributed by atoms with E-state index in [4.69, 9.17) is 10.2 Å². The minimum atomic E-state index is -0.129. The zero-order valence-corrected chi connectivity index (χ0v) is 25.2. The largest absolute Gasteiger partial charge is 0.319 e. The maximum absolute atomic E-state index is 4.82. The van der Waals surface area contributed by atoms with Crippen molar-refractivity contribution < 1.29 is 20.1 Å². The smallest absolute Gasteiger partial charge is 0.134 e. The molecule has 36 heavy (non-hydrogen) atoms. The van der Waals surface area contributed by atoms with E-state index in [0.717, 1.165) is 23.6 Å². The molecule has 0 unspecified atom stereocenters. The summed E-state index contributed by atoms with van der Waals surface area (Å²) in [5, 5.41) is 9.60. The van der Waals surface area contributed by atoms with Gasteiger partial charge < -0.3 is 4.57 Å². The van der Waals surface area contributed by atoms with Crippen molar-refractivity contribution in [1.82, 2.24) is 14.8 Å². The molecule has 0 aliphatic carbocycles. The Morgan fingerprint density at radius 2 is 1.47 bits per heavy atom. The topological polar surface area (TPSA) is 30.7 Å². The molecule has 4 heteroatoms. The Hall–Kier alpha value is -2.55. The SMILES string of the molecule is CCC(C)(C)c1nnc(-c2[c-]ccc(C)c2)n1-c1c(C(C)C)cc(-c2ccccc2)cc1C(C)C.[Ir]. The second kappa shape index (κ2) is 11.2. The van der Waals surface area contributed by atoms with Crippen molar-refractivity contribution in [2.75, 3.05) is 0 Å². The van der Waals surface area contributed by atoms with Crippen LogP contribution in [-0.4, -0.2) is 14.8 Å². The molecule has 1 aromatic heterocycles. The van der Waals surface area contributed by atoms with Crippen LogP contribution in [0.25, 0.3) is 28.2 Å². The molecule has 0 aliphatic rings. The van der Waals surface area contributed by atoms with E-state index >= 15 is 0 Å². The molecule has 0 amide bonds. The van der Waals surface area contributed by atoms with E-state index in [1.54, 1.807) is 0 Å². The zero-order chi connectivity index (χ0) is 25.3. The molecule has 0 aliphatic heterocycles. The fraction of sp³-hybridized carbons (Fsp3) is 0.375. The van der Waals surface area contributed by atoms with Gasteiger partial charge in [0.1, 0.15) is 5.82 Å². The summed E-state index contributed by atoms with van der Waals surface area (Å²) in [6.07, 6.45) is 0.971. The van der Waals surface area contributed by atoms with E-state index in [-0.39, 0.29) is 25.5 Å². The van der Waals surface area contributed by atoms with Crippen molar-refractivity contribution in [1.29, 1.82) is 0 Å². The molecular weight excluding hydrogens is 619 g/mol. The van der Waals surface area contributed by atoms with Crippen LogP contribution in [0, 0.1) is 13.0 Å². The first-order valence-electron chi connectivity index (χ1n) is 12.8. The standard InChI is InChI=1S/C32H38N3.Ir/c1-9-32(7,8)31-34-33-30(25-17-13-14-23(6)18-25)35(31)29-27(21(2)3)19-26(20-28(29)22(4)5)24-15-11-10-12-16-24;/h10-16,18-22H,9H2,1-8H3;/q-1;. The third-order valence-corrected chi connectivity index (χ3v) is 7.09. The Morgan fingerprint density at radius 3 is 2.00 bits per heavy atom. The van der Waals surface area contributed by atoms with Crippen molar-refractivity contribution in [3.05, 3.63) is 89.2 Å². The van der Waals surface area contributed by atoms with Gasteiger partial charge >= 0.3 is 0 Å². The number of aromatic nitrogens is 3. The van der Waals surface area contributed by atoms with Gasteiger partial charge in [-0.05, 0) is 52.6 Å². The molecule has 0 saturated carbocycles. The quantitative estimate of drug-likeness (QED) is 0.187. The summed E-state index contributed by atoms with van der Waals surface area (Å²) in [6.45, 7) is 18.0. The van der Waals surface area contributed by atoms with Gasteiger partial charge in [0.25, 0.3) is 0 Å². The van der Waals surface area contributed by atoms with Crippen LogP contribution in [0.15, 0.2) is 60.7 Å². The number of rotatable bonds is 7. The van der Waals surface area contributed by atoms with Crippen molar-refractivity contribution >= 4 is 0 Å². The van der Waals surface area contributed by atoms with Crippen LogP contribution in [0.1, 0.15) is 89.2 Å². The van der Waals surface area contributed by atoms with E-state index in [1.165, 1.54) is 33.5 Å². The first-order chi connectivity index (χ1) is 16.6. The van der Waals surface area contributed by atoms with Crippen LogP contribution in [0.5, 0.6) is 0 Å². The minimum Gasteiger partial charge on any atom is -0.319 e. The van der Waals surface area contributed by atoms with E-state index in [2.05, 4.69) is 121 Å². The van der Waals surface area contributed by atoms with Gasteiger partial charge in [-0.25, -0.2) is 0 Å². The summed E-state index contributed by atoms with van der Waals surface area (Å²) in [4.78, 5) is 0. The van der Waals surface area contributed by atoms with Gasteiger partial charge in [-0.2, -0.15) is 5.10 Å². The van der Waals surface area contributed by atoms with Gasteiger partial charge in [0.2, 0.25) is 0 Å². The van der Waals surface area contributed by atoms with Crippen LogP contribution in [0.4, 0.5) is 0 Å². The van der Waals surface area contributed by atoms with Crippen molar-refractivity contribution in [3.8, 4) is 28.2 Å². The molecule has 0 fully saturated rings.